The first-order valence-corrected chi connectivity index (χ1v) is 4.25. The van der Waals surface area contributed by atoms with Crippen molar-refractivity contribution in [2.75, 3.05) is 0 Å². The van der Waals surface area contributed by atoms with E-state index in [1.165, 1.54) is 6.42 Å². The third kappa shape index (κ3) is 0.471. The molecule has 10 heavy (non-hydrogen) atoms. The molecule has 2 heterocycles. The summed E-state index contributed by atoms with van der Waals surface area (Å²) in [7, 11) is 0. The van der Waals surface area contributed by atoms with E-state index in [-0.39, 0.29) is 0 Å². The minimum Gasteiger partial charge on any atom is -0.302 e. The molecule has 1 fully saturated rings. The molecule has 0 N–H and O–H groups in total. The Morgan fingerprint density at radius 2 is 2.40 bits per heavy atom. The van der Waals surface area contributed by atoms with Gasteiger partial charge in [-0.1, -0.05) is 0 Å². The molecule has 2 aliphatic rings. The van der Waals surface area contributed by atoms with Crippen molar-refractivity contribution in [1.29, 1.82) is 0 Å². The highest BCUT2D eigenvalue weighted by Crippen LogP contribution is 2.52. The summed E-state index contributed by atoms with van der Waals surface area (Å²) in [5.41, 5.74) is 0. The Morgan fingerprint density at radius 1 is 1.50 bits per heavy atom. The van der Waals surface area contributed by atoms with Crippen LogP contribution in [0.4, 0.5) is 0 Å². The summed E-state index contributed by atoms with van der Waals surface area (Å²) in [6.45, 7) is 0. The minimum absolute atomic E-state index is 0.736. The van der Waals surface area contributed by atoms with E-state index < -0.39 is 0 Å². The lowest BCUT2D eigenvalue weighted by molar-refractivity contribution is 0.722. The maximum Gasteiger partial charge on any atom is 0.200 e. The molecule has 52 valence electrons. The largest absolute Gasteiger partial charge is 0.302 e. The lowest BCUT2D eigenvalue weighted by Crippen LogP contribution is -1.94. The van der Waals surface area contributed by atoms with E-state index >= 15 is 0 Å². The third-order valence-corrected chi connectivity index (χ3v) is 2.93. The Morgan fingerprint density at radius 3 is 3.20 bits per heavy atom. The predicted octanol–water partition coefficient (Wildman–Crippen LogP) is 1.16. The van der Waals surface area contributed by atoms with Gasteiger partial charge in [0.05, 0.1) is 0 Å². The van der Waals surface area contributed by atoms with Gasteiger partial charge < -0.3 is 4.57 Å². The van der Waals surface area contributed by atoms with Crippen LogP contribution >= 0.6 is 15.9 Å². The van der Waals surface area contributed by atoms with Gasteiger partial charge in [0.15, 0.2) is 4.73 Å². The summed E-state index contributed by atoms with van der Waals surface area (Å²) in [4.78, 5) is 0. The zero-order chi connectivity index (χ0) is 6.72. The van der Waals surface area contributed by atoms with Gasteiger partial charge in [-0.15, -0.1) is 10.2 Å². The molecule has 4 heteroatoms. The average molecular weight is 200 g/mol. The lowest BCUT2D eigenvalue weighted by Gasteiger charge is -1.96. The Kier molecular flexibility index (Phi) is 0.764. The second-order valence-corrected chi connectivity index (χ2v) is 3.73. The van der Waals surface area contributed by atoms with Crippen molar-refractivity contribution in [3.05, 3.63) is 10.6 Å². The number of halogens is 1. The zero-order valence-electron chi connectivity index (χ0n) is 5.29. The topological polar surface area (TPSA) is 30.7 Å². The molecular weight excluding hydrogens is 194 g/mol. The summed E-state index contributed by atoms with van der Waals surface area (Å²) in [5, 5.41) is 7.99. The number of hydrogen-bond donors (Lipinski definition) is 0. The van der Waals surface area contributed by atoms with Gasteiger partial charge in [-0.3, -0.25) is 0 Å². The fourth-order valence-corrected chi connectivity index (χ4v) is 2.32. The maximum absolute atomic E-state index is 4.04. The Hall–Kier alpha value is -0.380. The quantitative estimate of drug-likeness (QED) is 0.629. The fourth-order valence-electron chi connectivity index (χ4n) is 1.77. The second kappa shape index (κ2) is 1.44. The molecule has 0 spiro atoms. The number of fused-ring (bicyclic) bond motifs is 3. The van der Waals surface area contributed by atoms with Crippen LogP contribution in [-0.4, -0.2) is 14.8 Å². The van der Waals surface area contributed by atoms with Crippen LogP contribution in [0.1, 0.15) is 18.3 Å². The highest BCUT2D eigenvalue weighted by molar-refractivity contribution is 9.10. The smallest absolute Gasteiger partial charge is 0.200 e. The van der Waals surface area contributed by atoms with E-state index in [0.29, 0.717) is 0 Å². The van der Waals surface area contributed by atoms with Crippen LogP contribution in [0.25, 0.3) is 0 Å². The molecule has 1 aliphatic carbocycles. The highest BCUT2D eigenvalue weighted by Gasteiger charge is 2.47. The van der Waals surface area contributed by atoms with Gasteiger partial charge in [-0.25, -0.2) is 0 Å². The highest BCUT2D eigenvalue weighted by atomic mass is 79.9. The van der Waals surface area contributed by atoms with Crippen LogP contribution < -0.4 is 0 Å². The minimum atomic E-state index is 0.736. The normalized spacial score (nSPS) is 33.7. The number of hydrogen-bond acceptors (Lipinski definition) is 2. The molecule has 0 bridgehead atoms. The van der Waals surface area contributed by atoms with Gasteiger partial charge in [-0.05, 0) is 28.3 Å². The molecule has 3 rings (SSSR count). The first kappa shape index (κ1) is 5.29. The number of nitrogens with zero attached hydrogens (tertiary/aromatic N) is 3. The summed E-state index contributed by atoms with van der Waals surface area (Å²) >= 11 is 3.37. The third-order valence-electron chi connectivity index (χ3n) is 2.39. The summed E-state index contributed by atoms with van der Waals surface area (Å²) < 4.78 is 3.12. The number of rotatable bonds is 0. The van der Waals surface area contributed by atoms with Crippen molar-refractivity contribution in [1.82, 2.24) is 14.8 Å². The van der Waals surface area contributed by atoms with Gasteiger partial charge in [0.1, 0.15) is 5.82 Å². The van der Waals surface area contributed by atoms with Crippen LogP contribution in [0, 0.1) is 5.92 Å². The van der Waals surface area contributed by atoms with E-state index in [2.05, 4.69) is 30.7 Å². The van der Waals surface area contributed by atoms with Gasteiger partial charge in [-0.2, -0.15) is 0 Å². The van der Waals surface area contributed by atoms with Crippen molar-refractivity contribution in [2.24, 2.45) is 5.92 Å². The molecule has 1 aliphatic heterocycles. The number of aromatic nitrogens is 3. The Balaban J connectivity index is 2.25. The Labute approximate surface area is 66.6 Å². The van der Waals surface area contributed by atoms with Gasteiger partial charge in [0.2, 0.25) is 0 Å². The van der Waals surface area contributed by atoms with Crippen LogP contribution in [-0.2, 0) is 6.42 Å². The monoisotopic (exact) mass is 199 g/mol. The fraction of sp³-hybridized carbons (Fsp3) is 0.667. The van der Waals surface area contributed by atoms with Crippen LogP contribution in [0.2, 0.25) is 0 Å². The van der Waals surface area contributed by atoms with Crippen molar-refractivity contribution in [3.63, 3.8) is 0 Å². The standard InChI is InChI=1S/C6H6BrN3/c7-6-9-8-5-2-3-1-4(3)10(5)6/h3-4H,1-2H2. The van der Waals surface area contributed by atoms with Crippen LogP contribution in [0.5, 0.6) is 0 Å². The zero-order valence-corrected chi connectivity index (χ0v) is 6.87. The van der Waals surface area contributed by atoms with Crippen molar-refractivity contribution >= 4 is 15.9 Å². The summed E-state index contributed by atoms with van der Waals surface area (Å²) in [5.74, 6) is 2.05. The first-order valence-electron chi connectivity index (χ1n) is 3.45. The van der Waals surface area contributed by atoms with E-state index in [9.17, 15) is 0 Å². The van der Waals surface area contributed by atoms with E-state index in [4.69, 9.17) is 0 Å². The molecule has 2 atom stereocenters. The van der Waals surface area contributed by atoms with Crippen molar-refractivity contribution in [2.45, 2.75) is 18.9 Å². The molecule has 0 amide bonds. The Bertz CT molecular complexity index is 293. The van der Waals surface area contributed by atoms with Crippen LogP contribution in [0.15, 0.2) is 4.73 Å². The molecule has 1 aromatic rings. The molecule has 0 radical (unpaired) electrons. The predicted molar refractivity (Wildman–Crippen MR) is 38.6 cm³/mol. The molecule has 2 unspecified atom stereocenters. The second-order valence-electron chi connectivity index (χ2n) is 3.02. The van der Waals surface area contributed by atoms with Crippen molar-refractivity contribution in [3.8, 4) is 0 Å². The van der Waals surface area contributed by atoms with Crippen LogP contribution in [0.3, 0.4) is 0 Å². The van der Waals surface area contributed by atoms with E-state index in [1.807, 2.05) is 0 Å². The van der Waals surface area contributed by atoms with Gasteiger partial charge >= 0.3 is 0 Å². The molecule has 0 aromatic carbocycles. The van der Waals surface area contributed by atoms with Crippen molar-refractivity contribution < 1.29 is 0 Å². The molecular formula is C6H6BrN3. The molecule has 3 nitrogen and oxygen atoms in total. The van der Waals surface area contributed by atoms with Gasteiger partial charge in [0, 0.05) is 12.5 Å². The average Bonchev–Trinajstić information content (AvgIpc) is 2.40. The SMILES string of the molecule is Brc1nnc2n1C1CC1C2. The van der Waals surface area contributed by atoms with E-state index in [1.54, 1.807) is 0 Å². The summed E-state index contributed by atoms with van der Waals surface area (Å²) in [6, 6.07) is 0.736. The molecule has 1 saturated carbocycles. The lowest BCUT2D eigenvalue weighted by atomic mass is 10.3. The molecule has 1 aromatic heterocycles. The van der Waals surface area contributed by atoms with Gasteiger partial charge in [0.25, 0.3) is 0 Å². The van der Waals surface area contributed by atoms with E-state index in [0.717, 1.165) is 28.9 Å². The maximum atomic E-state index is 4.04. The summed E-state index contributed by atoms with van der Waals surface area (Å²) in [6.07, 6.45) is 2.48. The first-order chi connectivity index (χ1) is 4.86. The molecule has 0 saturated heterocycles.